The molecule has 0 radical (unpaired) electrons. The van der Waals surface area contributed by atoms with Crippen molar-refractivity contribution in [1.29, 1.82) is 0 Å². The molecule has 0 heterocycles. The van der Waals surface area contributed by atoms with Crippen molar-refractivity contribution in [2.45, 2.75) is 51.9 Å². The lowest BCUT2D eigenvalue weighted by molar-refractivity contribution is 0.417. The number of fused-ring (bicyclic) bond motifs is 1. The van der Waals surface area contributed by atoms with Crippen LogP contribution in [-0.4, -0.2) is 0 Å². The van der Waals surface area contributed by atoms with E-state index in [1.807, 2.05) is 0 Å². The van der Waals surface area contributed by atoms with Gasteiger partial charge in [0.2, 0.25) is 0 Å². The maximum atomic E-state index is 2.41. The fourth-order valence-electron chi connectivity index (χ4n) is 2.83. The van der Waals surface area contributed by atoms with E-state index in [0.29, 0.717) is 0 Å². The zero-order chi connectivity index (χ0) is 10.7. The fraction of sp³-hybridized carbons (Fsp3) is 0.600. The predicted octanol–water partition coefficient (Wildman–Crippen LogP) is 4.54. The highest BCUT2D eigenvalue weighted by molar-refractivity contribution is 5.31. The largest absolute Gasteiger partial charge is 0.0651 e. The Morgan fingerprint density at radius 3 is 2.87 bits per heavy atom. The summed E-state index contributed by atoms with van der Waals surface area (Å²) in [6, 6.07) is 9.09. The van der Waals surface area contributed by atoms with Gasteiger partial charge in [0.15, 0.2) is 0 Å². The summed E-state index contributed by atoms with van der Waals surface area (Å²) < 4.78 is 0. The number of aryl methyl sites for hydroxylation is 1. The molecular formula is C15H22. The molecule has 0 aliphatic heterocycles. The molecule has 1 aliphatic carbocycles. The first-order chi connectivity index (χ1) is 7.33. The van der Waals surface area contributed by atoms with Gasteiger partial charge in [-0.3, -0.25) is 0 Å². The van der Waals surface area contributed by atoms with E-state index in [-0.39, 0.29) is 0 Å². The molecule has 0 N–H and O–H groups in total. The van der Waals surface area contributed by atoms with Crippen LogP contribution in [0.25, 0.3) is 0 Å². The van der Waals surface area contributed by atoms with Crippen molar-refractivity contribution in [2.24, 2.45) is 5.92 Å². The predicted molar refractivity (Wildman–Crippen MR) is 66.2 cm³/mol. The number of hydrogen-bond donors (Lipinski definition) is 0. The molecule has 0 fully saturated rings. The van der Waals surface area contributed by atoms with E-state index in [9.17, 15) is 0 Å². The minimum absolute atomic E-state index is 0.814. The lowest BCUT2D eigenvalue weighted by atomic mass is 9.82. The molecule has 0 bridgehead atoms. The summed E-state index contributed by atoms with van der Waals surface area (Å²) in [5.74, 6) is 1.65. The van der Waals surface area contributed by atoms with Crippen LogP contribution in [0, 0.1) is 5.92 Å². The van der Waals surface area contributed by atoms with Crippen LogP contribution in [0.15, 0.2) is 24.3 Å². The molecule has 2 unspecified atom stereocenters. The van der Waals surface area contributed by atoms with Crippen LogP contribution in [-0.2, 0) is 6.42 Å². The van der Waals surface area contributed by atoms with Gasteiger partial charge in [-0.1, -0.05) is 51.0 Å². The van der Waals surface area contributed by atoms with E-state index in [4.69, 9.17) is 0 Å². The maximum Gasteiger partial charge on any atom is -0.0134 e. The van der Waals surface area contributed by atoms with Crippen molar-refractivity contribution in [3.8, 4) is 0 Å². The van der Waals surface area contributed by atoms with Gasteiger partial charge >= 0.3 is 0 Å². The van der Waals surface area contributed by atoms with E-state index in [1.54, 1.807) is 11.1 Å². The number of rotatable bonds is 2. The van der Waals surface area contributed by atoms with Crippen LogP contribution >= 0.6 is 0 Å². The maximum absolute atomic E-state index is 2.41. The first kappa shape index (κ1) is 10.7. The van der Waals surface area contributed by atoms with Crippen LogP contribution in [0.2, 0.25) is 0 Å². The van der Waals surface area contributed by atoms with Crippen molar-refractivity contribution in [2.75, 3.05) is 0 Å². The van der Waals surface area contributed by atoms with Crippen LogP contribution in [0.4, 0.5) is 0 Å². The lowest BCUT2D eigenvalue weighted by Crippen LogP contribution is -2.09. The second-order valence-corrected chi connectivity index (χ2v) is 4.94. The van der Waals surface area contributed by atoms with Crippen molar-refractivity contribution in [3.05, 3.63) is 35.4 Å². The smallest absolute Gasteiger partial charge is 0.0134 e. The van der Waals surface area contributed by atoms with Crippen LogP contribution < -0.4 is 0 Å². The fourth-order valence-corrected chi connectivity index (χ4v) is 2.83. The molecule has 0 spiro atoms. The molecule has 1 aromatic rings. The minimum Gasteiger partial charge on any atom is -0.0651 e. The molecule has 1 aliphatic rings. The van der Waals surface area contributed by atoms with Gasteiger partial charge in [0.05, 0.1) is 0 Å². The molecule has 2 rings (SSSR count). The average Bonchev–Trinajstić information content (AvgIpc) is 2.50. The Labute approximate surface area is 93.7 Å². The molecule has 0 saturated carbocycles. The van der Waals surface area contributed by atoms with Gasteiger partial charge in [0, 0.05) is 0 Å². The van der Waals surface area contributed by atoms with Gasteiger partial charge < -0.3 is 0 Å². The van der Waals surface area contributed by atoms with Gasteiger partial charge in [0.25, 0.3) is 0 Å². The van der Waals surface area contributed by atoms with Crippen molar-refractivity contribution < 1.29 is 0 Å². The topological polar surface area (TPSA) is 0 Å². The van der Waals surface area contributed by atoms with Gasteiger partial charge in [-0.2, -0.15) is 0 Å². The molecule has 0 aromatic heterocycles. The van der Waals surface area contributed by atoms with Gasteiger partial charge in [-0.05, 0) is 42.2 Å². The zero-order valence-corrected chi connectivity index (χ0v) is 10.00. The summed E-state index contributed by atoms with van der Waals surface area (Å²) in [6.07, 6.45) is 6.78. The van der Waals surface area contributed by atoms with E-state index in [0.717, 1.165) is 11.8 Å². The highest BCUT2D eigenvalue weighted by Gasteiger charge is 2.22. The standard InChI is InChI=1S/C15H22/c1-3-12(2)14-10-6-4-8-13-9-5-7-11-15(13)14/h5,7,9,11-12,14H,3-4,6,8,10H2,1-2H3. The van der Waals surface area contributed by atoms with Crippen molar-refractivity contribution in [1.82, 2.24) is 0 Å². The van der Waals surface area contributed by atoms with Gasteiger partial charge in [-0.15, -0.1) is 0 Å². The molecule has 0 heteroatoms. The highest BCUT2D eigenvalue weighted by Crippen LogP contribution is 2.36. The quantitative estimate of drug-likeness (QED) is 0.617. The third kappa shape index (κ3) is 2.25. The van der Waals surface area contributed by atoms with E-state index in [1.165, 1.54) is 32.1 Å². The Hall–Kier alpha value is -0.780. The summed E-state index contributed by atoms with van der Waals surface area (Å²) in [7, 11) is 0. The molecule has 0 saturated heterocycles. The summed E-state index contributed by atoms with van der Waals surface area (Å²) in [6.45, 7) is 4.73. The van der Waals surface area contributed by atoms with Crippen LogP contribution in [0.5, 0.6) is 0 Å². The summed E-state index contributed by atoms with van der Waals surface area (Å²) in [5.41, 5.74) is 3.25. The first-order valence-corrected chi connectivity index (χ1v) is 6.40. The Balaban J connectivity index is 2.32. The Morgan fingerprint density at radius 2 is 2.07 bits per heavy atom. The normalized spacial score (nSPS) is 22.9. The number of hydrogen-bond acceptors (Lipinski definition) is 0. The van der Waals surface area contributed by atoms with Crippen molar-refractivity contribution >= 4 is 0 Å². The van der Waals surface area contributed by atoms with Crippen LogP contribution in [0.3, 0.4) is 0 Å². The van der Waals surface area contributed by atoms with Gasteiger partial charge in [-0.25, -0.2) is 0 Å². The number of benzene rings is 1. The molecule has 0 amide bonds. The zero-order valence-electron chi connectivity index (χ0n) is 10.00. The second kappa shape index (κ2) is 4.83. The highest BCUT2D eigenvalue weighted by atomic mass is 14.3. The van der Waals surface area contributed by atoms with E-state index >= 15 is 0 Å². The average molecular weight is 202 g/mol. The Kier molecular flexibility index (Phi) is 3.45. The van der Waals surface area contributed by atoms with Crippen molar-refractivity contribution in [3.63, 3.8) is 0 Å². The molecule has 15 heavy (non-hydrogen) atoms. The molecule has 1 aromatic carbocycles. The third-order valence-electron chi connectivity index (χ3n) is 4.00. The second-order valence-electron chi connectivity index (χ2n) is 4.94. The SMILES string of the molecule is CCC(C)C1CCCCc2ccccc21. The monoisotopic (exact) mass is 202 g/mol. The summed E-state index contributed by atoms with van der Waals surface area (Å²) in [5, 5.41) is 0. The van der Waals surface area contributed by atoms with E-state index < -0.39 is 0 Å². The Morgan fingerprint density at radius 1 is 1.27 bits per heavy atom. The van der Waals surface area contributed by atoms with E-state index in [2.05, 4.69) is 38.1 Å². The third-order valence-corrected chi connectivity index (χ3v) is 4.00. The molecule has 2 atom stereocenters. The summed E-state index contributed by atoms with van der Waals surface area (Å²) in [4.78, 5) is 0. The Bertz CT molecular complexity index is 314. The lowest BCUT2D eigenvalue weighted by Gasteiger charge is -2.23. The van der Waals surface area contributed by atoms with Gasteiger partial charge in [0.1, 0.15) is 0 Å². The molecular weight excluding hydrogens is 180 g/mol. The molecule has 0 nitrogen and oxygen atoms in total. The minimum atomic E-state index is 0.814. The summed E-state index contributed by atoms with van der Waals surface area (Å²) >= 11 is 0. The van der Waals surface area contributed by atoms with Crippen LogP contribution in [0.1, 0.15) is 56.6 Å². The molecule has 82 valence electrons. The first-order valence-electron chi connectivity index (χ1n) is 6.40.